The highest BCUT2D eigenvalue weighted by Gasteiger charge is 2.19. The van der Waals surface area contributed by atoms with Crippen molar-refractivity contribution in [3.8, 4) is 0 Å². The van der Waals surface area contributed by atoms with Crippen molar-refractivity contribution in [1.82, 2.24) is 9.78 Å². The molecule has 1 heterocycles. The minimum absolute atomic E-state index is 0.147. The van der Waals surface area contributed by atoms with E-state index in [0.717, 1.165) is 10.9 Å². The Hall–Kier alpha value is -0.290. The maximum atomic E-state index is 12.2. The molecule has 1 rings (SSSR count). The van der Waals surface area contributed by atoms with Crippen molar-refractivity contribution in [2.75, 3.05) is 5.75 Å². The third-order valence-corrected chi connectivity index (χ3v) is 4.49. The van der Waals surface area contributed by atoms with Gasteiger partial charge in [0.1, 0.15) is 5.69 Å². The molecular formula is C12H19BrN2OS. The van der Waals surface area contributed by atoms with Gasteiger partial charge in [0.05, 0.1) is 16.4 Å². The van der Waals surface area contributed by atoms with Gasteiger partial charge >= 0.3 is 0 Å². The molecule has 0 aliphatic rings. The molecule has 3 nitrogen and oxygen atoms in total. The molecule has 96 valence electrons. The van der Waals surface area contributed by atoms with Crippen LogP contribution in [0.2, 0.25) is 0 Å². The molecule has 0 saturated carbocycles. The molecule has 0 saturated heterocycles. The van der Waals surface area contributed by atoms with E-state index in [1.165, 1.54) is 0 Å². The first-order valence-electron chi connectivity index (χ1n) is 5.85. The Morgan fingerprint density at radius 1 is 1.53 bits per heavy atom. The molecule has 0 N–H and O–H groups in total. The molecule has 0 fully saturated rings. The van der Waals surface area contributed by atoms with Crippen molar-refractivity contribution >= 4 is 33.5 Å². The van der Waals surface area contributed by atoms with Crippen LogP contribution in [0.5, 0.6) is 0 Å². The molecule has 1 aromatic heterocycles. The van der Waals surface area contributed by atoms with Crippen LogP contribution in [0, 0.1) is 0 Å². The lowest BCUT2D eigenvalue weighted by Crippen LogP contribution is -2.15. The van der Waals surface area contributed by atoms with Crippen LogP contribution >= 0.6 is 27.7 Å². The van der Waals surface area contributed by atoms with Crippen molar-refractivity contribution < 1.29 is 4.79 Å². The average Bonchev–Trinajstić information content (AvgIpc) is 2.67. The molecule has 5 heteroatoms. The van der Waals surface area contributed by atoms with Crippen molar-refractivity contribution in [3.63, 3.8) is 0 Å². The van der Waals surface area contributed by atoms with Gasteiger partial charge in [0.15, 0.2) is 5.78 Å². The van der Waals surface area contributed by atoms with Crippen LogP contribution in [0.15, 0.2) is 10.7 Å². The van der Waals surface area contributed by atoms with Gasteiger partial charge in [-0.3, -0.25) is 9.48 Å². The number of rotatable bonds is 6. The van der Waals surface area contributed by atoms with Crippen LogP contribution in [-0.2, 0) is 0 Å². The van der Waals surface area contributed by atoms with Crippen molar-refractivity contribution in [2.24, 2.45) is 0 Å². The SMILES string of the molecule is CCC(C)SCC(=O)c1c(Br)cnn1C(C)C. The highest BCUT2D eigenvalue weighted by atomic mass is 79.9. The van der Waals surface area contributed by atoms with Gasteiger partial charge in [-0.05, 0) is 36.2 Å². The van der Waals surface area contributed by atoms with E-state index in [-0.39, 0.29) is 11.8 Å². The highest BCUT2D eigenvalue weighted by molar-refractivity contribution is 9.10. The number of nitrogens with zero attached hydrogens (tertiary/aromatic N) is 2. The minimum Gasteiger partial charge on any atom is -0.291 e. The van der Waals surface area contributed by atoms with E-state index in [9.17, 15) is 4.79 Å². The number of hydrogen-bond donors (Lipinski definition) is 0. The van der Waals surface area contributed by atoms with Gasteiger partial charge in [0, 0.05) is 11.3 Å². The Kier molecular flexibility index (Phi) is 5.73. The smallest absolute Gasteiger partial charge is 0.191 e. The molecule has 0 aliphatic carbocycles. The first-order valence-corrected chi connectivity index (χ1v) is 7.69. The maximum absolute atomic E-state index is 12.2. The molecular weight excluding hydrogens is 300 g/mol. The van der Waals surface area contributed by atoms with Crippen LogP contribution in [-0.4, -0.2) is 26.6 Å². The van der Waals surface area contributed by atoms with E-state index in [2.05, 4.69) is 34.9 Å². The summed E-state index contributed by atoms with van der Waals surface area (Å²) in [4.78, 5) is 12.2. The quantitative estimate of drug-likeness (QED) is 0.745. The maximum Gasteiger partial charge on any atom is 0.191 e. The normalized spacial score (nSPS) is 13.1. The second-order valence-corrected chi connectivity index (χ2v) is 6.61. The first kappa shape index (κ1) is 14.8. The molecule has 0 aromatic carbocycles. The first-order chi connectivity index (χ1) is 7.97. The van der Waals surface area contributed by atoms with Gasteiger partial charge in [-0.2, -0.15) is 16.9 Å². The largest absolute Gasteiger partial charge is 0.291 e. The molecule has 1 aromatic rings. The Balaban J connectivity index is 2.78. The van der Waals surface area contributed by atoms with E-state index in [0.29, 0.717) is 16.7 Å². The van der Waals surface area contributed by atoms with Gasteiger partial charge in [0.25, 0.3) is 0 Å². The van der Waals surface area contributed by atoms with E-state index in [1.54, 1.807) is 22.6 Å². The molecule has 0 bridgehead atoms. The van der Waals surface area contributed by atoms with Crippen molar-refractivity contribution in [2.45, 2.75) is 45.4 Å². The summed E-state index contributed by atoms with van der Waals surface area (Å²) >= 11 is 5.10. The Morgan fingerprint density at radius 2 is 2.18 bits per heavy atom. The predicted molar refractivity (Wildman–Crippen MR) is 76.9 cm³/mol. The number of hydrogen-bond acceptors (Lipinski definition) is 3. The molecule has 0 radical (unpaired) electrons. The van der Waals surface area contributed by atoms with Crippen LogP contribution in [0.1, 0.15) is 50.6 Å². The third kappa shape index (κ3) is 3.85. The van der Waals surface area contributed by atoms with E-state index < -0.39 is 0 Å². The van der Waals surface area contributed by atoms with Crippen LogP contribution in [0.25, 0.3) is 0 Å². The van der Waals surface area contributed by atoms with Crippen LogP contribution < -0.4 is 0 Å². The number of ketones is 1. The summed E-state index contributed by atoms with van der Waals surface area (Å²) in [5, 5.41) is 4.74. The highest BCUT2D eigenvalue weighted by Crippen LogP contribution is 2.23. The van der Waals surface area contributed by atoms with E-state index in [4.69, 9.17) is 0 Å². The van der Waals surface area contributed by atoms with Crippen molar-refractivity contribution in [1.29, 1.82) is 0 Å². The topological polar surface area (TPSA) is 34.9 Å². The average molecular weight is 319 g/mol. The van der Waals surface area contributed by atoms with Gasteiger partial charge in [-0.15, -0.1) is 0 Å². The summed E-state index contributed by atoms with van der Waals surface area (Å²) in [6.45, 7) is 8.33. The summed E-state index contributed by atoms with van der Waals surface area (Å²) in [5.74, 6) is 0.667. The van der Waals surface area contributed by atoms with Crippen LogP contribution in [0.4, 0.5) is 0 Å². The number of carbonyl (C=O) groups excluding carboxylic acids is 1. The van der Waals surface area contributed by atoms with E-state index in [1.807, 2.05) is 13.8 Å². The Morgan fingerprint density at radius 3 is 2.71 bits per heavy atom. The zero-order chi connectivity index (χ0) is 13.0. The standard InChI is InChI=1S/C12H19BrN2OS/c1-5-9(4)17-7-11(16)12-10(13)6-14-15(12)8(2)3/h6,8-9H,5,7H2,1-4H3. The second-order valence-electron chi connectivity index (χ2n) is 4.33. The lowest BCUT2D eigenvalue weighted by molar-refractivity contribution is 0.101. The molecule has 1 atom stereocenters. The number of Topliss-reactive ketones (excluding diaryl/α,β-unsaturated/α-hetero) is 1. The lowest BCUT2D eigenvalue weighted by Gasteiger charge is -2.12. The number of halogens is 1. The fourth-order valence-electron chi connectivity index (χ4n) is 1.40. The fraction of sp³-hybridized carbons (Fsp3) is 0.667. The van der Waals surface area contributed by atoms with Gasteiger partial charge in [-0.25, -0.2) is 0 Å². The number of aromatic nitrogens is 2. The van der Waals surface area contributed by atoms with E-state index >= 15 is 0 Å². The van der Waals surface area contributed by atoms with Crippen molar-refractivity contribution in [3.05, 3.63) is 16.4 Å². The summed E-state index contributed by atoms with van der Waals surface area (Å²) < 4.78 is 2.57. The zero-order valence-corrected chi connectivity index (χ0v) is 13.1. The molecule has 0 spiro atoms. The van der Waals surface area contributed by atoms with Gasteiger partial charge < -0.3 is 0 Å². The number of thioether (sulfide) groups is 1. The summed E-state index contributed by atoms with van der Waals surface area (Å²) in [6, 6.07) is 0.203. The predicted octanol–water partition coefficient (Wildman–Crippen LogP) is 3.94. The van der Waals surface area contributed by atoms with Gasteiger partial charge in [0.2, 0.25) is 0 Å². The lowest BCUT2D eigenvalue weighted by atomic mass is 10.3. The fourth-order valence-corrected chi connectivity index (χ4v) is 2.70. The Labute approximate surface area is 115 Å². The summed E-state index contributed by atoms with van der Waals surface area (Å²) in [7, 11) is 0. The zero-order valence-electron chi connectivity index (χ0n) is 10.7. The molecule has 17 heavy (non-hydrogen) atoms. The molecule has 0 amide bonds. The monoisotopic (exact) mass is 318 g/mol. The summed E-state index contributed by atoms with van der Waals surface area (Å²) in [6.07, 6.45) is 2.78. The summed E-state index contributed by atoms with van der Waals surface area (Å²) in [5.41, 5.74) is 0.691. The Bertz CT molecular complexity index is 390. The molecule has 1 unspecified atom stereocenters. The second kappa shape index (κ2) is 6.59. The number of carbonyl (C=O) groups is 1. The minimum atomic E-state index is 0.147. The third-order valence-electron chi connectivity index (χ3n) is 2.58. The van der Waals surface area contributed by atoms with Crippen LogP contribution in [0.3, 0.4) is 0 Å². The molecule has 0 aliphatic heterocycles. The van der Waals surface area contributed by atoms with Gasteiger partial charge in [-0.1, -0.05) is 13.8 Å².